The van der Waals surface area contributed by atoms with Gasteiger partial charge in [-0.2, -0.15) is 0 Å². The predicted octanol–water partition coefficient (Wildman–Crippen LogP) is -1.80. The molecule has 12 heteroatoms. The third-order valence-electron chi connectivity index (χ3n) is 4.98. The molecule has 0 aliphatic rings. The third kappa shape index (κ3) is 10.1. The number of primary amides is 1. The molecular weight excluding hydrogens is 422 g/mol. The van der Waals surface area contributed by atoms with E-state index in [1.54, 1.807) is 20.8 Å². The summed E-state index contributed by atoms with van der Waals surface area (Å²) in [4.78, 5) is 60.5. The van der Waals surface area contributed by atoms with Gasteiger partial charge in [0, 0.05) is 0 Å². The second-order valence-electron chi connectivity index (χ2n) is 8.40. The summed E-state index contributed by atoms with van der Waals surface area (Å²) in [5, 5.41) is 26.2. The van der Waals surface area contributed by atoms with Crippen LogP contribution in [0.15, 0.2) is 0 Å². The second kappa shape index (κ2) is 13.6. The molecule has 0 saturated carbocycles. The van der Waals surface area contributed by atoms with Crippen LogP contribution in [0.4, 0.5) is 0 Å². The monoisotopic (exact) mass is 459 g/mol. The van der Waals surface area contributed by atoms with E-state index in [4.69, 9.17) is 11.5 Å². The molecule has 0 aromatic carbocycles. The zero-order valence-corrected chi connectivity index (χ0v) is 19.3. The number of carboxylic acid groups (broad SMARTS) is 1. The summed E-state index contributed by atoms with van der Waals surface area (Å²) in [6.07, 6.45) is -1.23. The normalized spacial score (nSPS) is 16.8. The van der Waals surface area contributed by atoms with Crippen LogP contribution in [0.25, 0.3) is 0 Å². The van der Waals surface area contributed by atoms with Crippen LogP contribution in [0.1, 0.15) is 53.9 Å². The van der Waals surface area contributed by atoms with E-state index in [1.165, 1.54) is 6.92 Å². The number of nitrogens with two attached hydrogens (primary N) is 2. The van der Waals surface area contributed by atoms with Gasteiger partial charge in [-0.3, -0.25) is 19.2 Å². The molecule has 4 amide bonds. The number of amides is 4. The lowest BCUT2D eigenvalue weighted by atomic mass is 9.98. The molecule has 0 fully saturated rings. The molecular formula is C20H37N5O7. The fourth-order valence-electron chi connectivity index (χ4n) is 2.80. The summed E-state index contributed by atoms with van der Waals surface area (Å²) in [6, 6.07) is -5.14. The van der Waals surface area contributed by atoms with Gasteiger partial charge in [0.1, 0.15) is 18.1 Å². The van der Waals surface area contributed by atoms with Gasteiger partial charge in [0.05, 0.1) is 18.6 Å². The largest absolute Gasteiger partial charge is 0.480 e. The van der Waals surface area contributed by atoms with E-state index < -0.39 is 66.3 Å². The Hall–Kier alpha value is -2.73. The number of hydrogen-bond donors (Lipinski definition) is 7. The summed E-state index contributed by atoms with van der Waals surface area (Å²) < 4.78 is 0. The van der Waals surface area contributed by atoms with Crippen LogP contribution in [0.5, 0.6) is 0 Å². The molecule has 0 aliphatic carbocycles. The molecule has 184 valence electrons. The van der Waals surface area contributed by atoms with Gasteiger partial charge in [0.25, 0.3) is 0 Å². The molecule has 6 atom stereocenters. The Balaban J connectivity index is 5.49. The van der Waals surface area contributed by atoms with Crippen LogP contribution in [0, 0.1) is 11.8 Å². The molecule has 0 saturated heterocycles. The molecule has 9 N–H and O–H groups in total. The number of rotatable bonds is 14. The third-order valence-corrected chi connectivity index (χ3v) is 4.98. The number of aliphatic carboxylic acids is 1. The van der Waals surface area contributed by atoms with Crippen molar-refractivity contribution in [3.8, 4) is 0 Å². The second-order valence-corrected chi connectivity index (χ2v) is 8.40. The van der Waals surface area contributed by atoms with Crippen molar-refractivity contribution < 1.29 is 34.2 Å². The fraction of sp³-hybridized carbons (Fsp3) is 0.750. The topological polar surface area (TPSA) is 214 Å². The summed E-state index contributed by atoms with van der Waals surface area (Å²) >= 11 is 0. The Morgan fingerprint density at radius 1 is 0.875 bits per heavy atom. The van der Waals surface area contributed by atoms with Crippen molar-refractivity contribution in [2.24, 2.45) is 23.3 Å². The SMILES string of the molecule is CCC(C)C(N)C(=O)NC(C(=O)NC(CC(N)=O)C(=O)NC(CC(C)C)C(=O)O)C(C)O. The molecule has 0 heterocycles. The lowest BCUT2D eigenvalue weighted by molar-refractivity contribution is -0.143. The maximum atomic E-state index is 12.7. The van der Waals surface area contributed by atoms with Crippen molar-refractivity contribution in [1.82, 2.24) is 16.0 Å². The van der Waals surface area contributed by atoms with Crippen LogP contribution in [0.3, 0.4) is 0 Å². The number of aliphatic hydroxyl groups is 1. The average molecular weight is 460 g/mol. The zero-order valence-electron chi connectivity index (χ0n) is 19.3. The number of aliphatic hydroxyl groups excluding tert-OH is 1. The van der Waals surface area contributed by atoms with Gasteiger partial charge in [-0.05, 0) is 25.2 Å². The van der Waals surface area contributed by atoms with Crippen molar-refractivity contribution in [3.63, 3.8) is 0 Å². The number of carboxylic acids is 1. The molecule has 0 aromatic heterocycles. The Kier molecular flexibility index (Phi) is 12.5. The quantitative estimate of drug-likeness (QED) is 0.157. The van der Waals surface area contributed by atoms with Crippen molar-refractivity contribution in [1.29, 1.82) is 0 Å². The summed E-state index contributed by atoms with van der Waals surface area (Å²) in [6.45, 7) is 8.39. The molecule has 0 rings (SSSR count). The highest BCUT2D eigenvalue weighted by atomic mass is 16.4. The molecule has 0 radical (unpaired) electrons. The first kappa shape index (κ1) is 29.3. The lowest BCUT2D eigenvalue weighted by Gasteiger charge is -2.27. The number of hydrogen-bond acceptors (Lipinski definition) is 7. The van der Waals surface area contributed by atoms with Gasteiger partial charge in [-0.25, -0.2) is 4.79 Å². The van der Waals surface area contributed by atoms with Crippen LogP contribution < -0.4 is 27.4 Å². The summed E-state index contributed by atoms with van der Waals surface area (Å²) in [5.74, 6) is -4.99. The Bertz CT molecular complexity index is 683. The predicted molar refractivity (Wildman–Crippen MR) is 116 cm³/mol. The number of carbonyl (C=O) groups excluding carboxylic acids is 4. The first-order chi connectivity index (χ1) is 14.7. The molecule has 12 nitrogen and oxygen atoms in total. The molecule has 0 aliphatic heterocycles. The van der Waals surface area contributed by atoms with Crippen molar-refractivity contribution in [3.05, 3.63) is 0 Å². The van der Waals surface area contributed by atoms with Gasteiger partial charge in [0.15, 0.2) is 0 Å². The highest BCUT2D eigenvalue weighted by molar-refractivity contribution is 5.96. The van der Waals surface area contributed by atoms with E-state index in [-0.39, 0.29) is 18.3 Å². The van der Waals surface area contributed by atoms with Crippen molar-refractivity contribution in [2.75, 3.05) is 0 Å². The maximum absolute atomic E-state index is 12.7. The zero-order chi connectivity index (χ0) is 25.2. The minimum Gasteiger partial charge on any atom is -0.480 e. The van der Waals surface area contributed by atoms with Gasteiger partial charge >= 0.3 is 5.97 Å². The van der Waals surface area contributed by atoms with Gasteiger partial charge in [-0.15, -0.1) is 0 Å². The Morgan fingerprint density at radius 2 is 1.41 bits per heavy atom. The van der Waals surface area contributed by atoms with Crippen molar-refractivity contribution >= 4 is 29.6 Å². The Labute approximate surface area is 187 Å². The number of nitrogens with one attached hydrogen (secondary N) is 3. The minimum absolute atomic E-state index is 0.0508. The molecule has 0 spiro atoms. The van der Waals surface area contributed by atoms with E-state index in [0.717, 1.165) is 0 Å². The van der Waals surface area contributed by atoms with E-state index in [0.29, 0.717) is 6.42 Å². The first-order valence-electron chi connectivity index (χ1n) is 10.6. The van der Waals surface area contributed by atoms with Crippen LogP contribution >= 0.6 is 0 Å². The first-order valence-corrected chi connectivity index (χ1v) is 10.6. The van der Waals surface area contributed by atoms with Crippen molar-refractivity contribution in [2.45, 2.75) is 84.2 Å². The summed E-state index contributed by atoms with van der Waals surface area (Å²) in [5.41, 5.74) is 11.0. The standard InChI is InChI=1S/C20H37N5O7/c1-6-10(4)15(22)18(29)25-16(11(5)26)19(30)23-12(8-14(21)27)17(28)24-13(20(31)32)7-9(2)3/h9-13,15-16,26H,6-8,22H2,1-5H3,(H2,21,27)(H,23,30)(H,24,28)(H,25,29)(H,31,32). The lowest BCUT2D eigenvalue weighted by Crippen LogP contribution is -2.60. The van der Waals surface area contributed by atoms with E-state index in [9.17, 15) is 34.2 Å². The highest BCUT2D eigenvalue weighted by Gasteiger charge is 2.33. The van der Waals surface area contributed by atoms with Crippen LogP contribution in [-0.4, -0.2) is 70.1 Å². The van der Waals surface area contributed by atoms with Crippen LogP contribution in [-0.2, 0) is 24.0 Å². The smallest absolute Gasteiger partial charge is 0.326 e. The summed E-state index contributed by atoms with van der Waals surface area (Å²) in [7, 11) is 0. The molecule has 0 bridgehead atoms. The fourth-order valence-corrected chi connectivity index (χ4v) is 2.80. The Morgan fingerprint density at radius 3 is 1.81 bits per heavy atom. The van der Waals surface area contributed by atoms with Crippen LogP contribution in [0.2, 0.25) is 0 Å². The highest BCUT2D eigenvalue weighted by Crippen LogP contribution is 2.08. The van der Waals surface area contributed by atoms with Gasteiger partial charge in [-0.1, -0.05) is 34.1 Å². The molecule has 32 heavy (non-hydrogen) atoms. The van der Waals surface area contributed by atoms with E-state index in [1.807, 2.05) is 6.92 Å². The molecule has 0 aromatic rings. The maximum Gasteiger partial charge on any atom is 0.326 e. The van der Waals surface area contributed by atoms with Gasteiger partial charge < -0.3 is 37.6 Å². The number of carbonyl (C=O) groups is 5. The molecule has 6 unspecified atom stereocenters. The van der Waals surface area contributed by atoms with E-state index in [2.05, 4.69) is 16.0 Å². The minimum atomic E-state index is -1.50. The average Bonchev–Trinajstić information content (AvgIpc) is 2.68. The van der Waals surface area contributed by atoms with Gasteiger partial charge in [0.2, 0.25) is 23.6 Å². The van der Waals surface area contributed by atoms with E-state index >= 15 is 0 Å².